The quantitative estimate of drug-likeness (QED) is 0.567. The van der Waals surface area contributed by atoms with E-state index in [4.69, 9.17) is 11.1 Å². The summed E-state index contributed by atoms with van der Waals surface area (Å²) in [5.41, 5.74) is 6.87. The number of carbonyl (C=O) groups excluding carboxylic acids is 1. The smallest absolute Gasteiger partial charge is 0.253 e. The summed E-state index contributed by atoms with van der Waals surface area (Å²) >= 11 is 0. The molecule has 0 unspecified atom stereocenters. The highest BCUT2D eigenvalue weighted by Crippen LogP contribution is 2.06. The van der Waals surface area contributed by atoms with Crippen LogP contribution in [0.15, 0.2) is 24.3 Å². The van der Waals surface area contributed by atoms with Gasteiger partial charge in [-0.05, 0) is 17.7 Å². The molecule has 0 saturated carbocycles. The van der Waals surface area contributed by atoms with Gasteiger partial charge in [-0.15, -0.1) is 0 Å². The van der Waals surface area contributed by atoms with E-state index in [9.17, 15) is 4.79 Å². The number of rotatable bonds is 3. The molecule has 0 saturated heterocycles. The molecule has 1 aromatic carbocycles. The van der Waals surface area contributed by atoms with Crippen molar-refractivity contribution >= 4 is 11.7 Å². The summed E-state index contributed by atoms with van der Waals surface area (Å²) in [6, 6.07) is 7.14. The van der Waals surface area contributed by atoms with Crippen molar-refractivity contribution in [2.75, 3.05) is 14.1 Å². The zero-order valence-corrected chi connectivity index (χ0v) is 8.95. The normalized spacial score (nSPS) is 9.73. The molecule has 1 rings (SSSR count). The van der Waals surface area contributed by atoms with Gasteiger partial charge in [0.05, 0.1) is 5.84 Å². The lowest BCUT2D eigenvalue weighted by molar-refractivity contribution is 0.0827. The topological polar surface area (TPSA) is 70.2 Å². The third-order valence-corrected chi connectivity index (χ3v) is 2.00. The van der Waals surface area contributed by atoms with Crippen molar-refractivity contribution in [3.05, 3.63) is 35.4 Å². The molecule has 0 fully saturated rings. The second-order valence-electron chi connectivity index (χ2n) is 3.60. The van der Waals surface area contributed by atoms with Crippen LogP contribution in [-0.2, 0) is 6.42 Å². The standard InChI is InChI=1S/C11H15N3O/c1-14(2)11(15)9-5-3-8(4-6-9)7-10(12)13/h3-6H,7H2,1-2H3,(H3,12,13). The van der Waals surface area contributed by atoms with Crippen molar-refractivity contribution in [3.8, 4) is 0 Å². The number of hydrogen-bond acceptors (Lipinski definition) is 2. The van der Waals surface area contributed by atoms with E-state index in [0.717, 1.165) is 5.56 Å². The summed E-state index contributed by atoms with van der Waals surface area (Å²) in [6.07, 6.45) is 0.427. The Morgan fingerprint density at radius 2 is 1.87 bits per heavy atom. The summed E-state index contributed by atoms with van der Waals surface area (Å²) < 4.78 is 0. The van der Waals surface area contributed by atoms with E-state index < -0.39 is 0 Å². The fourth-order valence-corrected chi connectivity index (χ4v) is 1.24. The Bertz CT molecular complexity index is 368. The maximum atomic E-state index is 11.5. The molecule has 0 aliphatic rings. The van der Waals surface area contributed by atoms with Crippen molar-refractivity contribution in [3.63, 3.8) is 0 Å². The molecule has 0 radical (unpaired) electrons. The molecule has 1 amide bonds. The van der Waals surface area contributed by atoms with Crippen LogP contribution in [0.25, 0.3) is 0 Å². The average Bonchev–Trinajstić information content (AvgIpc) is 2.17. The van der Waals surface area contributed by atoms with Gasteiger partial charge in [-0.25, -0.2) is 0 Å². The molecule has 0 atom stereocenters. The third-order valence-electron chi connectivity index (χ3n) is 2.00. The van der Waals surface area contributed by atoms with Crippen LogP contribution in [0.4, 0.5) is 0 Å². The minimum Gasteiger partial charge on any atom is -0.387 e. The second kappa shape index (κ2) is 4.59. The minimum atomic E-state index is -0.0237. The van der Waals surface area contributed by atoms with Crippen molar-refractivity contribution < 1.29 is 4.79 Å². The molecule has 4 heteroatoms. The Morgan fingerprint density at radius 1 is 1.33 bits per heavy atom. The van der Waals surface area contributed by atoms with Crippen molar-refractivity contribution in [2.24, 2.45) is 5.73 Å². The first-order chi connectivity index (χ1) is 7.00. The van der Waals surface area contributed by atoms with Crippen LogP contribution in [0, 0.1) is 5.41 Å². The van der Waals surface area contributed by atoms with E-state index in [-0.39, 0.29) is 11.7 Å². The van der Waals surface area contributed by atoms with Crippen LogP contribution in [0.1, 0.15) is 15.9 Å². The molecule has 0 bridgehead atoms. The number of nitrogens with one attached hydrogen (secondary N) is 1. The predicted molar refractivity (Wildman–Crippen MR) is 60.1 cm³/mol. The first-order valence-electron chi connectivity index (χ1n) is 4.64. The first kappa shape index (κ1) is 11.2. The molecule has 1 aromatic rings. The lowest BCUT2D eigenvalue weighted by Gasteiger charge is -2.10. The SMILES string of the molecule is CN(C)C(=O)c1ccc(CC(=N)N)cc1. The molecule has 0 heterocycles. The fourth-order valence-electron chi connectivity index (χ4n) is 1.24. The molecule has 3 N–H and O–H groups in total. The van der Waals surface area contributed by atoms with Gasteiger partial charge in [0.2, 0.25) is 0 Å². The number of hydrogen-bond donors (Lipinski definition) is 2. The predicted octanol–water partition coefficient (Wildman–Crippen LogP) is 0.867. The number of amides is 1. The average molecular weight is 205 g/mol. The number of benzene rings is 1. The van der Waals surface area contributed by atoms with Crippen molar-refractivity contribution in [2.45, 2.75) is 6.42 Å². The van der Waals surface area contributed by atoms with E-state index in [1.807, 2.05) is 12.1 Å². The van der Waals surface area contributed by atoms with Gasteiger partial charge >= 0.3 is 0 Å². The molecule has 0 aromatic heterocycles. The van der Waals surface area contributed by atoms with Crippen LogP contribution in [0.3, 0.4) is 0 Å². The van der Waals surface area contributed by atoms with Gasteiger partial charge in [0, 0.05) is 26.1 Å². The number of carbonyl (C=O) groups is 1. The number of nitrogens with zero attached hydrogens (tertiary/aromatic N) is 1. The summed E-state index contributed by atoms with van der Waals surface area (Å²) in [7, 11) is 3.43. The van der Waals surface area contributed by atoms with E-state index in [1.165, 1.54) is 4.90 Å². The number of amidine groups is 1. The summed E-state index contributed by atoms with van der Waals surface area (Å²) in [5, 5.41) is 7.14. The van der Waals surface area contributed by atoms with Gasteiger partial charge in [0.15, 0.2) is 0 Å². The molecule has 0 aliphatic carbocycles. The molecule has 80 valence electrons. The highest BCUT2D eigenvalue weighted by Gasteiger charge is 2.06. The van der Waals surface area contributed by atoms with E-state index in [1.54, 1.807) is 26.2 Å². The lowest BCUT2D eigenvalue weighted by atomic mass is 10.1. The molecule has 15 heavy (non-hydrogen) atoms. The van der Waals surface area contributed by atoms with Gasteiger partial charge in [0.1, 0.15) is 0 Å². The summed E-state index contributed by atoms with van der Waals surface area (Å²) in [4.78, 5) is 13.1. The van der Waals surface area contributed by atoms with Crippen LogP contribution in [0.2, 0.25) is 0 Å². The van der Waals surface area contributed by atoms with E-state index in [2.05, 4.69) is 0 Å². The molecule has 0 spiro atoms. The van der Waals surface area contributed by atoms with E-state index in [0.29, 0.717) is 12.0 Å². The summed E-state index contributed by atoms with van der Waals surface area (Å²) in [5.74, 6) is 0.103. The zero-order valence-electron chi connectivity index (χ0n) is 8.95. The van der Waals surface area contributed by atoms with Gasteiger partial charge in [0.25, 0.3) is 5.91 Å². The highest BCUT2D eigenvalue weighted by atomic mass is 16.2. The van der Waals surface area contributed by atoms with Crippen LogP contribution < -0.4 is 5.73 Å². The van der Waals surface area contributed by atoms with Gasteiger partial charge in [-0.3, -0.25) is 10.2 Å². The molecular weight excluding hydrogens is 190 g/mol. The minimum absolute atomic E-state index is 0.0237. The Hall–Kier alpha value is -1.84. The lowest BCUT2D eigenvalue weighted by Crippen LogP contribution is -2.21. The molecule has 4 nitrogen and oxygen atoms in total. The first-order valence-corrected chi connectivity index (χ1v) is 4.64. The van der Waals surface area contributed by atoms with Crippen molar-refractivity contribution in [1.82, 2.24) is 4.90 Å². The Balaban J connectivity index is 2.81. The summed E-state index contributed by atoms with van der Waals surface area (Å²) in [6.45, 7) is 0. The van der Waals surface area contributed by atoms with Crippen LogP contribution in [-0.4, -0.2) is 30.7 Å². The van der Waals surface area contributed by atoms with E-state index >= 15 is 0 Å². The Labute approximate surface area is 89.2 Å². The maximum Gasteiger partial charge on any atom is 0.253 e. The van der Waals surface area contributed by atoms with Crippen LogP contribution >= 0.6 is 0 Å². The monoisotopic (exact) mass is 205 g/mol. The Morgan fingerprint density at radius 3 is 2.27 bits per heavy atom. The van der Waals surface area contributed by atoms with Gasteiger partial charge < -0.3 is 10.6 Å². The highest BCUT2D eigenvalue weighted by molar-refractivity contribution is 5.94. The van der Waals surface area contributed by atoms with Crippen LogP contribution in [0.5, 0.6) is 0 Å². The largest absolute Gasteiger partial charge is 0.387 e. The molecular formula is C11H15N3O. The van der Waals surface area contributed by atoms with Gasteiger partial charge in [-0.2, -0.15) is 0 Å². The number of nitrogens with two attached hydrogens (primary N) is 1. The van der Waals surface area contributed by atoms with Gasteiger partial charge in [-0.1, -0.05) is 12.1 Å². The maximum absolute atomic E-state index is 11.5. The Kier molecular flexibility index (Phi) is 3.44. The fraction of sp³-hybridized carbons (Fsp3) is 0.273. The second-order valence-corrected chi connectivity index (χ2v) is 3.60. The molecule has 0 aliphatic heterocycles. The van der Waals surface area contributed by atoms with Crippen molar-refractivity contribution in [1.29, 1.82) is 5.41 Å². The zero-order chi connectivity index (χ0) is 11.4. The third kappa shape index (κ3) is 3.09.